The number of ether oxygens (including phenoxy) is 1. The summed E-state index contributed by atoms with van der Waals surface area (Å²) < 4.78 is 35.1. The molecule has 0 fully saturated rings. The molecule has 0 atom stereocenters. The maximum absolute atomic E-state index is 13.0. The smallest absolute Gasteiger partial charge is 0.243 e. The van der Waals surface area contributed by atoms with Crippen molar-refractivity contribution in [1.82, 2.24) is 8.87 Å². The molecular formula is C25H31N3O4S. The minimum Gasteiger partial charge on any atom is -0.489 e. The Morgan fingerprint density at radius 2 is 1.67 bits per heavy atom. The lowest BCUT2D eigenvalue weighted by atomic mass is 10.1. The van der Waals surface area contributed by atoms with Crippen LogP contribution in [0, 0.1) is 0 Å². The number of anilines is 1. The first-order valence-electron chi connectivity index (χ1n) is 11.1. The van der Waals surface area contributed by atoms with Crippen LogP contribution < -0.4 is 10.1 Å². The second-order valence-corrected chi connectivity index (χ2v) is 9.83. The zero-order valence-corrected chi connectivity index (χ0v) is 20.3. The molecule has 176 valence electrons. The number of hydrogen-bond acceptors (Lipinski definition) is 4. The summed E-state index contributed by atoms with van der Waals surface area (Å²) in [6.07, 6.45) is 3.93. The number of carbonyl (C=O) groups excluding carboxylic acids is 1. The Hall–Kier alpha value is -3.10. The Kier molecular flexibility index (Phi) is 7.94. The Bertz CT molecular complexity index is 1170. The van der Waals surface area contributed by atoms with Crippen LogP contribution in [0.1, 0.15) is 33.3 Å². The fraction of sp³-hybridized carbons (Fsp3) is 0.320. The van der Waals surface area contributed by atoms with Gasteiger partial charge < -0.3 is 14.6 Å². The van der Waals surface area contributed by atoms with Crippen LogP contribution in [0.4, 0.5) is 5.69 Å². The van der Waals surface area contributed by atoms with Gasteiger partial charge in [0.15, 0.2) is 0 Å². The molecule has 1 N–H and O–H groups in total. The first-order valence-corrected chi connectivity index (χ1v) is 12.5. The second-order valence-electron chi connectivity index (χ2n) is 7.90. The molecule has 0 saturated carbocycles. The average Bonchev–Trinajstić information content (AvgIpc) is 3.30. The molecule has 33 heavy (non-hydrogen) atoms. The van der Waals surface area contributed by atoms with Gasteiger partial charge in [0.1, 0.15) is 5.75 Å². The van der Waals surface area contributed by atoms with Crippen molar-refractivity contribution in [1.29, 1.82) is 0 Å². The van der Waals surface area contributed by atoms with E-state index in [1.165, 1.54) is 16.4 Å². The van der Waals surface area contributed by atoms with Crippen molar-refractivity contribution in [2.24, 2.45) is 0 Å². The topological polar surface area (TPSA) is 80.6 Å². The normalized spacial score (nSPS) is 11.7. The molecule has 7 nitrogen and oxygen atoms in total. The highest BCUT2D eigenvalue weighted by molar-refractivity contribution is 7.89. The van der Waals surface area contributed by atoms with E-state index >= 15 is 0 Å². The minimum atomic E-state index is -3.67. The van der Waals surface area contributed by atoms with E-state index in [0.29, 0.717) is 24.5 Å². The maximum atomic E-state index is 13.0. The zero-order valence-electron chi connectivity index (χ0n) is 19.5. The second kappa shape index (κ2) is 10.7. The highest BCUT2D eigenvalue weighted by Gasteiger charge is 2.23. The van der Waals surface area contributed by atoms with Gasteiger partial charge in [-0.2, -0.15) is 4.31 Å². The lowest BCUT2D eigenvalue weighted by molar-refractivity contribution is -0.115. The minimum absolute atomic E-state index is 0.119. The molecule has 1 aromatic heterocycles. The summed E-state index contributed by atoms with van der Waals surface area (Å²) >= 11 is 0. The molecule has 0 aliphatic heterocycles. The van der Waals surface area contributed by atoms with Gasteiger partial charge >= 0.3 is 0 Å². The molecule has 0 radical (unpaired) electrons. The van der Waals surface area contributed by atoms with E-state index in [2.05, 4.69) is 5.32 Å². The number of nitrogens with zero attached hydrogens (tertiary/aromatic N) is 2. The average molecular weight is 470 g/mol. The van der Waals surface area contributed by atoms with Crippen LogP contribution in [0.5, 0.6) is 5.75 Å². The quantitative estimate of drug-likeness (QED) is 0.475. The highest BCUT2D eigenvalue weighted by Crippen LogP contribution is 2.30. The van der Waals surface area contributed by atoms with Crippen LogP contribution in [-0.4, -0.2) is 42.4 Å². The van der Waals surface area contributed by atoms with E-state index in [1.54, 1.807) is 19.9 Å². The van der Waals surface area contributed by atoms with E-state index in [4.69, 9.17) is 4.74 Å². The van der Waals surface area contributed by atoms with E-state index in [1.807, 2.05) is 67.2 Å². The summed E-state index contributed by atoms with van der Waals surface area (Å²) in [5, 5.41) is 2.84. The van der Waals surface area contributed by atoms with E-state index in [0.717, 1.165) is 11.3 Å². The number of benzene rings is 2. The van der Waals surface area contributed by atoms with Crippen molar-refractivity contribution in [2.45, 2.75) is 45.1 Å². The third-order valence-electron chi connectivity index (χ3n) is 5.13. The largest absolute Gasteiger partial charge is 0.489 e. The summed E-state index contributed by atoms with van der Waals surface area (Å²) in [6.45, 7) is 8.06. The lowest BCUT2D eigenvalue weighted by Crippen LogP contribution is -2.30. The third-order valence-corrected chi connectivity index (χ3v) is 7.18. The van der Waals surface area contributed by atoms with Gasteiger partial charge in [0, 0.05) is 31.2 Å². The molecule has 0 unspecified atom stereocenters. The van der Waals surface area contributed by atoms with E-state index < -0.39 is 10.0 Å². The molecule has 1 amide bonds. The zero-order chi connectivity index (χ0) is 24.0. The molecule has 0 aliphatic rings. The van der Waals surface area contributed by atoms with Crippen LogP contribution in [-0.2, 0) is 21.2 Å². The van der Waals surface area contributed by atoms with Gasteiger partial charge in [-0.3, -0.25) is 4.79 Å². The van der Waals surface area contributed by atoms with Crippen LogP contribution in [0.3, 0.4) is 0 Å². The van der Waals surface area contributed by atoms with Gasteiger partial charge in [-0.15, -0.1) is 0 Å². The van der Waals surface area contributed by atoms with E-state index in [9.17, 15) is 13.2 Å². The Labute approximate surface area is 196 Å². The molecule has 0 saturated heterocycles. The molecular weight excluding hydrogens is 438 g/mol. The Balaban J connectivity index is 1.82. The first kappa shape index (κ1) is 24.5. The summed E-state index contributed by atoms with van der Waals surface area (Å²) in [4.78, 5) is 12.9. The summed E-state index contributed by atoms with van der Waals surface area (Å²) in [5.41, 5.74) is 2.19. The SMILES string of the molecule is CCN(CC)S(=O)(=O)c1ccc(OC(C)C)c(NC(=O)Cc2ccc(-n3cccc3)cc2)c1. The summed E-state index contributed by atoms with van der Waals surface area (Å²) in [5.74, 6) is 0.175. The van der Waals surface area contributed by atoms with Crippen molar-refractivity contribution >= 4 is 21.6 Å². The monoisotopic (exact) mass is 469 g/mol. The summed E-state index contributed by atoms with van der Waals surface area (Å²) in [6, 6.07) is 16.2. The molecule has 2 aromatic carbocycles. The lowest BCUT2D eigenvalue weighted by Gasteiger charge is -2.20. The number of carbonyl (C=O) groups is 1. The van der Waals surface area contributed by atoms with Gasteiger partial charge in [0.2, 0.25) is 15.9 Å². The van der Waals surface area contributed by atoms with Gasteiger partial charge in [-0.05, 0) is 61.9 Å². The van der Waals surface area contributed by atoms with Gasteiger partial charge in [0.25, 0.3) is 0 Å². The standard InChI is InChI=1S/C25H31N3O4S/c1-5-28(6-2)33(30,31)22-13-14-24(32-19(3)4)23(18-22)26-25(29)17-20-9-11-21(12-10-20)27-15-7-8-16-27/h7-16,18-19H,5-6,17H2,1-4H3,(H,26,29). The number of sulfonamides is 1. The molecule has 3 rings (SSSR count). The fourth-order valence-corrected chi connectivity index (χ4v) is 4.99. The summed E-state index contributed by atoms with van der Waals surface area (Å²) in [7, 11) is -3.67. The Morgan fingerprint density at radius 1 is 1.03 bits per heavy atom. The van der Waals surface area contributed by atoms with Crippen molar-refractivity contribution in [3.8, 4) is 11.4 Å². The van der Waals surface area contributed by atoms with Crippen LogP contribution in [0.2, 0.25) is 0 Å². The molecule has 8 heteroatoms. The van der Waals surface area contributed by atoms with Gasteiger partial charge in [-0.1, -0.05) is 26.0 Å². The number of amides is 1. The van der Waals surface area contributed by atoms with Crippen molar-refractivity contribution in [3.05, 3.63) is 72.6 Å². The molecule has 3 aromatic rings. The number of aromatic nitrogens is 1. The van der Waals surface area contributed by atoms with Crippen LogP contribution in [0.15, 0.2) is 71.9 Å². The third kappa shape index (κ3) is 6.03. The molecule has 1 heterocycles. The predicted molar refractivity (Wildman–Crippen MR) is 130 cm³/mol. The first-order chi connectivity index (χ1) is 15.7. The molecule has 0 bridgehead atoms. The maximum Gasteiger partial charge on any atom is 0.243 e. The van der Waals surface area contributed by atoms with E-state index in [-0.39, 0.29) is 23.3 Å². The van der Waals surface area contributed by atoms with Crippen molar-refractivity contribution in [2.75, 3.05) is 18.4 Å². The van der Waals surface area contributed by atoms with Crippen molar-refractivity contribution < 1.29 is 17.9 Å². The number of nitrogens with one attached hydrogen (secondary N) is 1. The van der Waals surface area contributed by atoms with Gasteiger partial charge in [0.05, 0.1) is 23.1 Å². The fourth-order valence-electron chi connectivity index (χ4n) is 3.51. The van der Waals surface area contributed by atoms with Crippen molar-refractivity contribution in [3.63, 3.8) is 0 Å². The number of hydrogen-bond donors (Lipinski definition) is 1. The predicted octanol–water partition coefficient (Wildman–Crippen LogP) is 4.48. The van der Waals surface area contributed by atoms with Crippen LogP contribution in [0.25, 0.3) is 5.69 Å². The van der Waals surface area contributed by atoms with Crippen LogP contribution >= 0.6 is 0 Å². The van der Waals surface area contributed by atoms with Gasteiger partial charge in [-0.25, -0.2) is 8.42 Å². The molecule has 0 aliphatic carbocycles. The highest BCUT2D eigenvalue weighted by atomic mass is 32.2. The molecule has 0 spiro atoms. The Morgan fingerprint density at radius 3 is 2.24 bits per heavy atom. The number of rotatable bonds is 10.